The summed E-state index contributed by atoms with van der Waals surface area (Å²) < 4.78 is 10.4. The first-order valence-electron chi connectivity index (χ1n) is 8.24. The topological polar surface area (TPSA) is 75.5 Å². The Labute approximate surface area is 146 Å². The molecular weight excluding hydrogens is 318 g/mol. The van der Waals surface area contributed by atoms with E-state index in [4.69, 9.17) is 14.5 Å². The lowest BCUT2D eigenvalue weighted by Gasteiger charge is -2.29. The Bertz CT molecular complexity index is 849. The normalized spacial score (nSPS) is 15.0. The number of anilines is 1. The first kappa shape index (κ1) is 16.9. The third kappa shape index (κ3) is 3.78. The van der Waals surface area contributed by atoms with Crippen molar-refractivity contribution in [2.24, 2.45) is 0 Å². The highest BCUT2D eigenvalue weighted by Crippen LogP contribution is 2.26. The number of hydrogen-bond acceptors (Lipinski definition) is 6. The van der Waals surface area contributed by atoms with Crippen molar-refractivity contribution in [1.29, 1.82) is 5.26 Å². The van der Waals surface area contributed by atoms with Crippen molar-refractivity contribution < 1.29 is 14.3 Å². The summed E-state index contributed by atoms with van der Waals surface area (Å²) in [4.78, 5) is 18.8. The molecule has 1 aromatic carbocycles. The van der Waals surface area contributed by atoms with Gasteiger partial charge in [-0.2, -0.15) is 5.26 Å². The number of aromatic nitrogens is 1. The quantitative estimate of drug-likeness (QED) is 0.485. The number of para-hydroxylation sites is 1. The molecular formula is C19H19N3O3. The summed E-state index contributed by atoms with van der Waals surface area (Å²) in [5.74, 6) is 0.130. The molecule has 128 valence electrons. The zero-order chi connectivity index (χ0) is 17.6. The van der Waals surface area contributed by atoms with Gasteiger partial charge in [0.05, 0.1) is 25.3 Å². The average Bonchev–Trinajstić information content (AvgIpc) is 2.66. The van der Waals surface area contributed by atoms with Gasteiger partial charge in [-0.25, -0.2) is 9.78 Å². The van der Waals surface area contributed by atoms with Gasteiger partial charge in [-0.3, -0.25) is 0 Å². The van der Waals surface area contributed by atoms with Crippen LogP contribution in [-0.2, 0) is 14.3 Å². The highest BCUT2D eigenvalue weighted by atomic mass is 16.5. The standard InChI is InChI=1S/C19H19N3O3/c1-2-25-19(23)16(13-20)12-15-11-14-5-3-4-6-17(14)21-18(15)22-7-9-24-10-8-22/h3-6,11-12H,2,7-10H2,1H3/b16-12+. The van der Waals surface area contributed by atoms with Crippen LogP contribution in [-0.4, -0.2) is 43.9 Å². The van der Waals surface area contributed by atoms with E-state index in [1.807, 2.05) is 36.4 Å². The maximum absolute atomic E-state index is 12.0. The van der Waals surface area contributed by atoms with Crippen molar-refractivity contribution in [1.82, 2.24) is 4.98 Å². The van der Waals surface area contributed by atoms with Gasteiger partial charge in [0.2, 0.25) is 0 Å². The Kier molecular flexibility index (Phi) is 5.26. The molecule has 0 radical (unpaired) electrons. The van der Waals surface area contributed by atoms with Crippen LogP contribution < -0.4 is 4.90 Å². The van der Waals surface area contributed by atoms with E-state index < -0.39 is 5.97 Å². The maximum Gasteiger partial charge on any atom is 0.348 e. The third-order valence-corrected chi connectivity index (χ3v) is 3.96. The number of morpholine rings is 1. The number of ether oxygens (including phenoxy) is 2. The lowest BCUT2D eigenvalue weighted by Crippen LogP contribution is -2.37. The van der Waals surface area contributed by atoms with Gasteiger partial charge < -0.3 is 14.4 Å². The molecule has 0 bridgehead atoms. The van der Waals surface area contributed by atoms with Gasteiger partial charge in [0.1, 0.15) is 17.5 Å². The molecule has 6 heteroatoms. The monoisotopic (exact) mass is 337 g/mol. The fourth-order valence-corrected chi connectivity index (χ4v) is 2.76. The second-order valence-corrected chi connectivity index (χ2v) is 5.58. The highest BCUT2D eigenvalue weighted by molar-refractivity contribution is 5.99. The van der Waals surface area contributed by atoms with Crippen molar-refractivity contribution in [2.75, 3.05) is 37.8 Å². The summed E-state index contributed by atoms with van der Waals surface area (Å²) in [6.07, 6.45) is 1.56. The number of esters is 1. The molecule has 0 aliphatic carbocycles. The molecule has 1 aliphatic heterocycles. The number of nitrogens with zero attached hydrogens (tertiary/aromatic N) is 3. The number of hydrogen-bond donors (Lipinski definition) is 0. The number of benzene rings is 1. The summed E-state index contributed by atoms with van der Waals surface area (Å²) in [6, 6.07) is 11.7. The van der Waals surface area contributed by atoms with Gasteiger partial charge in [0.15, 0.2) is 0 Å². The predicted molar refractivity (Wildman–Crippen MR) is 95.0 cm³/mol. The lowest BCUT2D eigenvalue weighted by molar-refractivity contribution is -0.137. The highest BCUT2D eigenvalue weighted by Gasteiger charge is 2.18. The van der Waals surface area contributed by atoms with Crippen LogP contribution in [0, 0.1) is 11.3 Å². The Morgan fingerprint density at radius 3 is 2.88 bits per heavy atom. The average molecular weight is 337 g/mol. The summed E-state index contributed by atoms with van der Waals surface area (Å²) >= 11 is 0. The molecule has 0 saturated carbocycles. The molecule has 0 atom stereocenters. The zero-order valence-electron chi connectivity index (χ0n) is 14.1. The van der Waals surface area contributed by atoms with Gasteiger partial charge in [0, 0.05) is 24.0 Å². The fourth-order valence-electron chi connectivity index (χ4n) is 2.76. The second kappa shape index (κ2) is 7.77. The predicted octanol–water partition coefficient (Wildman–Crippen LogP) is 2.54. The van der Waals surface area contributed by atoms with Crippen LogP contribution in [0.15, 0.2) is 35.9 Å². The molecule has 2 heterocycles. The van der Waals surface area contributed by atoms with Crippen LogP contribution in [0.4, 0.5) is 5.82 Å². The molecule has 0 spiro atoms. The Morgan fingerprint density at radius 1 is 1.40 bits per heavy atom. The third-order valence-electron chi connectivity index (χ3n) is 3.96. The minimum absolute atomic E-state index is 0.0339. The molecule has 1 aliphatic rings. The van der Waals surface area contributed by atoms with Crippen molar-refractivity contribution >= 4 is 28.8 Å². The van der Waals surface area contributed by atoms with E-state index >= 15 is 0 Å². The van der Waals surface area contributed by atoms with E-state index in [0.29, 0.717) is 26.3 Å². The van der Waals surface area contributed by atoms with E-state index in [2.05, 4.69) is 4.90 Å². The smallest absolute Gasteiger partial charge is 0.348 e. The van der Waals surface area contributed by atoms with E-state index in [-0.39, 0.29) is 12.2 Å². The van der Waals surface area contributed by atoms with Crippen LogP contribution in [0.2, 0.25) is 0 Å². The molecule has 25 heavy (non-hydrogen) atoms. The van der Waals surface area contributed by atoms with Crippen LogP contribution in [0.3, 0.4) is 0 Å². The summed E-state index contributed by atoms with van der Waals surface area (Å²) in [7, 11) is 0. The minimum Gasteiger partial charge on any atom is -0.462 e. The van der Waals surface area contributed by atoms with Crippen LogP contribution in [0.1, 0.15) is 12.5 Å². The van der Waals surface area contributed by atoms with E-state index in [9.17, 15) is 10.1 Å². The number of pyridine rings is 1. The number of fused-ring (bicyclic) bond motifs is 1. The van der Waals surface area contributed by atoms with Crippen molar-refractivity contribution in [3.63, 3.8) is 0 Å². The van der Waals surface area contributed by atoms with Crippen LogP contribution in [0.5, 0.6) is 0 Å². The van der Waals surface area contributed by atoms with Gasteiger partial charge in [-0.15, -0.1) is 0 Å². The van der Waals surface area contributed by atoms with E-state index in [1.54, 1.807) is 13.0 Å². The SMILES string of the molecule is CCOC(=O)/C(C#N)=C/c1cc2ccccc2nc1N1CCOCC1. The molecule has 0 N–H and O–H groups in total. The molecule has 1 aromatic heterocycles. The fraction of sp³-hybridized carbons (Fsp3) is 0.316. The first-order chi connectivity index (χ1) is 12.2. The molecule has 0 amide bonds. The molecule has 1 fully saturated rings. The van der Waals surface area contributed by atoms with Gasteiger partial charge in [-0.05, 0) is 25.1 Å². The summed E-state index contributed by atoms with van der Waals surface area (Å²) in [5.41, 5.74) is 1.56. The first-order valence-corrected chi connectivity index (χ1v) is 8.24. The van der Waals surface area contributed by atoms with Crippen LogP contribution >= 0.6 is 0 Å². The summed E-state index contributed by atoms with van der Waals surface area (Å²) in [5, 5.41) is 10.3. The van der Waals surface area contributed by atoms with Gasteiger partial charge in [-0.1, -0.05) is 18.2 Å². The van der Waals surface area contributed by atoms with Gasteiger partial charge in [0.25, 0.3) is 0 Å². The minimum atomic E-state index is -0.619. The van der Waals surface area contributed by atoms with Crippen molar-refractivity contribution in [2.45, 2.75) is 6.92 Å². The molecule has 0 unspecified atom stereocenters. The molecule has 2 aromatic rings. The number of carbonyl (C=O) groups excluding carboxylic acids is 1. The number of rotatable bonds is 4. The Morgan fingerprint density at radius 2 is 2.16 bits per heavy atom. The Hall–Kier alpha value is -2.91. The summed E-state index contributed by atoms with van der Waals surface area (Å²) in [6.45, 7) is 4.62. The zero-order valence-corrected chi connectivity index (χ0v) is 14.1. The molecule has 6 nitrogen and oxygen atoms in total. The van der Waals surface area contributed by atoms with Crippen molar-refractivity contribution in [3.8, 4) is 6.07 Å². The lowest BCUT2D eigenvalue weighted by atomic mass is 10.1. The van der Waals surface area contributed by atoms with E-state index in [1.165, 1.54) is 0 Å². The molecule has 1 saturated heterocycles. The van der Waals surface area contributed by atoms with Crippen molar-refractivity contribution in [3.05, 3.63) is 41.5 Å². The second-order valence-electron chi connectivity index (χ2n) is 5.58. The van der Waals surface area contributed by atoms with Gasteiger partial charge >= 0.3 is 5.97 Å². The number of carbonyl (C=O) groups is 1. The largest absolute Gasteiger partial charge is 0.462 e. The maximum atomic E-state index is 12.0. The number of nitriles is 1. The molecule has 3 rings (SSSR count). The van der Waals surface area contributed by atoms with Crippen LogP contribution in [0.25, 0.3) is 17.0 Å². The van der Waals surface area contributed by atoms with E-state index in [0.717, 1.165) is 22.3 Å². The Balaban J connectivity index is 2.10.